The Labute approximate surface area is 143 Å². The zero-order valence-electron chi connectivity index (χ0n) is 13.4. The molecule has 2 N–H and O–H groups in total. The minimum absolute atomic E-state index is 0.0549. The lowest BCUT2D eigenvalue weighted by Crippen LogP contribution is -2.24. The number of nitrogens with zero attached hydrogens (tertiary/aromatic N) is 4. The number of fused-ring (bicyclic) bond motifs is 1. The summed E-state index contributed by atoms with van der Waals surface area (Å²) < 4.78 is 1.63. The van der Waals surface area contributed by atoms with Crippen LogP contribution in [-0.4, -0.2) is 30.9 Å². The van der Waals surface area contributed by atoms with E-state index in [1.165, 1.54) is 0 Å². The van der Waals surface area contributed by atoms with Crippen LogP contribution in [0.3, 0.4) is 0 Å². The largest absolute Gasteiger partial charge is 0.361 e. The summed E-state index contributed by atoms with van der Waals surface area (Å²) in [7, 11) is 0. The first-order valence-electron chi connectivity index (χ1n) is 7.93. The summed E-state index contributed by atoms with van der Waals surface area (Å²) in [6, 6.07) is 11.7. The molecule has 0 radical (unpaired) electrons. The number of nitrogens with one attached hydrogen (secondary N) is 2. The van der Waals surface area contributed by atoms with Crippen molar-refractivity contribution in [3.8, 4) is 5.69 Å². The lowest BCUT2D eigenvalue weighted by molar-refractivity contribution is -0.120. The standard InChI is InChI=1S/C18H16N6O/c25-18(8-13-9-20-17-6-2-1-5-16(13)17)21-10-14-12-24(23-22-14)15-4-3-7-19-11-15/h1-7,9,11-12,20H,8,10H2,(H,21,25). The summed E-state index contributed by atoms with van der Waals surface area (Å²) in [5, 5.41) is 12.1. The third-order valence-corrected chi connectivity index (χ3v) is 3.94. The van der Waals surface area contributed by atoms with Gasteiger partial charge in [-0.1, -0.05) is 23.4 Å². The van der Waals surface area contributed by atoms with Crippen molar-refractivity contribution in [2.75, 3.05) is 0 Å². The fourth-order valence-electron chi connectivity index (χ4n) is 2.70. The van der Waals surface area contributed by atoms with Crippen LogP contribution >= 0.6 is 0 Å². The van der Waals surface area contributed by atoms with E-state index in [1.807, 2.05) is 42.6 Å². The van der Waals surface area contributed by atoms with Crippen molar-refractivity contribution in [3.63, 3.8) is 0 Å². The quantitative estimate of drug-likeness (QED) is 0.585. The number of hydrogen-bond acceptors (Lipinski definition) is 4. The topological polar surface area (TPSA) is 88.5 Å². The third kappa shape index (κ3) is 3.25. The van der Waals surface area contributed by atoms with E-state index in [9.17, 15) is 4.79 Å². The molecule has 0 fully saturated rings. The van der Waals surface area contributed by atoms with Crippen LogP contribution in [0.1, 0.15) is 11.3 Å². The molecule has 4 rings (SSSR count). The van der Waals surface area contributed by atoms with Crippen molar-refractivity contribution in [3.05, 3.63) is 72.4 Å². The smallest absolute Gasteiger partial charge is 0.224 e. The van der Waals surface area contributed by atoms with E-state index in [2.05, 4.69) is 25.6 Å². The maximum atomic E-state index is 12.2. The second-order valence-electron chi connectivity index (χ2n) is 5.68. The molecule has 3 heterocycles. The number of benzene rings is 1. The van der Waals surface area contributed by atoms with Gasteiger partial charge >= 0.3 is 0 Å². The Morgan fingerprint density at radius 2 is 2.12 bits per heavy atom. The van der Waals surface area contributed by atoms with Crippen LogP contribution in [0.2, 0.25) is 0 Å². The molecule has 0 aliphatic rings. The van der Waals surface area contributed by atoms with Crippen molar-refractivity contribution >= 4 is 16.8 Å². The van der Waals surface area contributed by atoms with E-state index in [-0.39, 0.29) is 5.91 Å². The Morgan fingerprint density at radius 1 is 1.20 bits per heavy atom. The van der Waals surface area contributed by atoms with Gasteiger partial charge in [0.15, 0.2) is 0 Å². The number of H-pyrrole nitrogens is 1. The molecular formula is C18H16N6O. The average molecular weight is 332 g/mol. The number of carbonyl (C=O) groups is 1. The summed E-state index contributed by atoms with van der Waals surface area (Å²) in [6.45, 7) is 0.335. The average Bonchev–Trinajstić information content (AvgIpc) is 3.28. The highest BCUT2D eigenvalue weighted by atomic mass is 16.1. The molecular weight excluding hydrogens is 316 g/mol. The van der Waals surface area contributed by atoms with Crippen molar-refractivity contribution in [1.82, 2.24) is 30.3 Å². The number of carbonyl (C=O) groups excluding carboxylic acids is 1. The predicted molar refractivity (Wildman–Crippen MR) is 93.0 cm³/mol. The number of hydrogen-bond donors (Lipinski definition) is 2. The van der Waals surface area contributed by atoms with Crippen LogP contribution in [0.5, 0.6) is 0 Å². The van der Waals surface area contributed by atoms with E-state index in [0.717, 1.165) is 22.2 Å². The maximum absolute atomic E-state index is 12.2. The molecule has 1 aromatic carbocycles. The van der Waals surface area contributed by atoms with E-state index in [4.69, 9.17) is 0 Å². The van der Waals surface area contributed by atoms with Crippen LogP contribution in [0.4, 0.5) is 0 Å². The second-order valence-corrected chi connectivity index (χ2v) is 5.68. The lowest BCUT2D eigenvalue weighted by atomic mass is 10.1. The predicted octanol–water partition coefficient (Wildman–Crippen LogP) is 2.00. The van der Waals surface area contributed by atoms with Gasteiger partial charge in [0.25, 0.3) is 0 Å². The molecule has 7 nitrogen and oxygen atoms in total. The summed E-state index contributed by atoms with van der Waals surface area (Å²) in [6.07, 6.45) is 7.38. The van der Waals surface area contributed by atoms with Crippen LogP contribution in [0.25, 0.3) is 16.6 Å². The third-order valence-electron chi connectivity index (χ3n) is 3.94. The highest BCUT2D eigenvalue weighted by molar-refractivity contribution is 5.88. The first kappa shape index (κ1) is 15.1. The number of para-hydroxylation sites is 1. The van der Waals surface area contributed by atoms with Crippen LogP contribution in [-0.2, 0) is 17.8 Å². The van der Waals surface area contributed by atoms with E-state index < -0.39 is 0 Å². The molecule has 3 aromatic heterocycles. The summed E-state index contributed by atoms with van der Waals surface area (Å²) in [5.41, 5.74) is 3.53. The highest BCUT2D eigenvalue weighted by Crippen LogP contribution is 2.18. The minimum atomic E-state index is -0.0549. The van der Waals surface area contributed by atoms with Gasteiger partial charge in [-0.2, -0.15) is 0 Å². The number of rotatable bonds is 5. The van der Waals surface area contributed by atoms with Crippen molar-refractivity contribution in [2.24, 2.45) is 0 Å². The van der Waals surface area contributed by atoms with Gasteiger partial charge < -0.3 is 10.3 Å². The lowest BCUT2D eigenvalue weighted by Gasteiger charge is -2.02. The van der Waals surface area contributed by atoms with Gasteiger partial charge in [0.1, 0.15) is 5.69 Å². The fourth-order valence-corrected chi connectivity index (χ4v) is 2.70. The van der Waals surface area contributed by atoms with Gasteiger partial charge in [0, 0.05) is 23.3 Å². The molecule has 0 spiro atoms. The molecule has 0 unspecified atom stereocenters. The molecule has 0 aliphatic carbocycles. The molecule has 25 heavy (non-hydrogen) atoms. The number of amides is 1. The zero-order chi connectivity index (χ0) is 17.1. The van der Waals surface area contributed by atoms with E-state index in [1.54, 1.807) is 23.3 Å². The first-order valence-corrected chi connectivity index (χ1v) is 7.93. The highest BCUT2D eigenvalue weighted by Gasteiger charge is 2.09. The summed E-state index contributed by atoms with van der Waals surface area (Å²) >= 11 is 0. The van der Waals surface area contributed by atoms with Gasteiger partial charge in [-0.15, -0.1) is 5.10 Å². The van der Waals surface area contributed by atoms with Crippen LogP contribution < -0.4 is 5.32 Å². The van der Waals surface area contributed by atoms with E-state index in [0.29, 0.717) is 18.7 Å². The Bertz CT molecular complexity index is 1000. The Hall–Kier alpha value is -3.48. The molecule has 0 saturated carbocycles. The molecule has 4 aromatic rings. The molecule has 0 atom stereocenters. The molecule has 7 heteroatoms. The molecule has 0 saturated heterocycles. The van der Waals surface area contributed by atoms with Crippen LogP contribution in [0.15, 0.2) is 61.2 Å². The Balaban J connectivity index is 1.38. The molecule has 1 amide bonds. The SMILES string of the molecule is O=C(Cc1c[nH]c2ccccc12)NCc1cn(-c2cccnc2)nn1. The normalized spacial score (nSPS) is 10.9. The van der Waals surface area contributed by atoms with Gasteiger partial charge in [0.05, 0.1) is 31.0 Å². The van der Waals surface area contributed by atoms with Gasteiger partial charge in [0.2, 0.25) is 5.91 Å². The Morgan fingerprint density at radius 3 is 3.00 bits per heavy atom. The summed E-state index contributed by atoms with van der Waals surface area (Å²) in [5.74, 6) is -0.0549. The van der Waals surface area contributed by atoms with Crippen LogP contribution in [0, 0.1) is 0 Å². The van der Waals surface area contributed by atoms with Crippen molar-refractivity contribution in [1.29, 1.82) is 0 Å². The van der Waals surface area contributed by atoms with Gasteiger partial charge in [-0.05, 0) is 23.8 Å². The maximum Gasteiger partial charge on any atom is 0.224 e. The van der Waals surface area contributed by atoms with Crippen molar-refractivity contribution < 1.29 is 4.79 Å². The molecule has 124 valence electrons. The molecule has 0 bridgehead atoms. The monoisotopic (exact) mass is 332 g/mol. The fraction of sp³-hybridized carbons (Fsp3) is 0.111. The van der Waals surface area contributed by atoms with Gasteiger partial charge in [-0.25, -0.2) is 4.68 Å². The van der Waals surface area contributed by atoms with Crippen molar-refractivity contribution in [2.45, 2.75) is 13.0 Å². The number of pyridine rings is 1. The summed E-state index contributed by atoms with van der Waals surface area (Å²) in [4.78, 5) is 19.4. The number of aromatic nitrogens is 5. The first-order chi connectivity index (χ1) is 12.3. The number of aromatic amines is 1. The van der Waals surface area contributed by atoms with Gasteiger partial charge in [-0.3, -0.25) is 9.78 Å². The van der Waals surface area contributed by atoms with E-state index >= 15 is 0 Å². The minimum Gasteiger partial charge on any atom is -0.361 e. The molecule has 0 aliphatic heterocycles. The Kier molecular flexibility index (Phi) is 3.96. The zero-order valence-corrected chi connectivity index (χ0v) is 13.4. The second kappa shape index (κ2) is 6.56.